The van der Waals surface area contributed by atoms with Crippen molar-refractivity contribution in [2.45, 2.75) is 12.8 Å². The number of hydrogen-bond acceptors (Lipinski definition) is 7. The molecule has 9 heteroatoms. The third kappa shape index (κ3) is 4.64. The summed E-state index contributed by atoms with van der Waals surface area (Å²) in [6.07, 6.45) is 3.38. The van der Waals surface area contributed by atoms with E-state index in [0.717, 1.165) is 5.56 Å². The fourth-order valence-corrected chi connectivity index (χ4v) is 3.15. The van der Waals surface area contributed by atoms with Crippen LogP contribution in [0.15, 0.2) is 53.3 Å². The normalized spacial score (nSPS) is 14.2. The summed E-state index contributed by atoms with van der Waals surface area (Å²) in [4.78, 5) is 33.9. The van der Waals surface area contributed by atoms with Gasteiger partial charge in [-0.15, -0.1) is 0 Å². The second-order valence-electron chi connectivity index (χ2n) is 6.90. The molecule has 3 aromatic rings. The van der Waals surface area contributed by atoms with Gasteiger partial charge in [0.1, 0.15) is 0 Å². The topological polar surface area (TPSA) is 113 Å². The van der Waals surface area contributed by atoms with Crippen molar-refractivity contribution in [3.63, 3.8) is 0 Å². The molecule has 2 N–H and O–H groups in total. The van der Waals surface area contributed by atoms with Crippen LogP contribution in [0.5, 0.6) is 0 Å². The maximum Gasteiger partial charge on any atom is 0.238 e. The lowest BCUT2D eigenvalue weighted by molar-refractivity contribution is -0.118. The molecule has 1 aromatic carbocycles. The zero-order valence-electron chi connectivity index (χ0n) is 15.8. The van der Waals surface area contributed by atoms with Gasteiger partial charge >= 0.3 is 0 Å². The summed E-state index contributed by atoms with van der Waals surface area (Å²) in [7, 11) is 0. The first kappa shape index (κ1) is 18.8. The SMILES string of the molecule is CC(=O)Nc1cccc(NC(=O)CN2CC(c3nc(-c4cccnc4)no3)C2)c1. The van der Waals surface area contributed by atoms with E-state index in [1.807, 2.05) is 17.0 Å². The first-order valence-corrected chi connectivity index (χ1v) is 9.20. The summed E-state index contributed by atoms with van der Waals surface area (Å²) in [6.45, 7) is 3.06. The molecule has 0 unspecified atom stereocenters. The van der Waals surface area contributed by atoms with E-state index in [4.69, 9.17) is 4.52 Å². The first-order valence-electron chi connectivity index (χ1n) is 9.20. The van der Waals surface area contributed by atoms with Gasteiger partial charge in [0.25, 0.3) is 0 Å². The minimum absolute atomic E-state index is 0.115. The van der Waals surface area contributed by atoms with Crippen LogP contribution in [0.4, 0.5) is 11.4 Å². The minimum atomic E-state index is -0.159. The molecule has 2 aromatic heterocycles. The van der Waals surface area contributed by atoms with Crippen LogP contribution in [0, 0.1) is 0 Å². The molecule has 0 bridgehead atoms. The van der Waals surface area contributed by atoms with Crippen LogP contribution in [-0.4, -0.2) is 51.5 Å². The van der Waals surface area contributed by atoms with Crippen molar-refractivity contribution in [2.24, 2.45) is 0 Å². The van der Waals surface area contributed by atoms with Gasteiger partial charge in [0.2, 0.25) is 23.5 Å². The van der Waals surface area contributed by atoms with Gasteiger partial charge in [0, 0.05) is 49.3 Å². The Bertz CT molecular complexity index is 1010. The molecule has 0 radical (unpaired) electrons. The fraction of sp³-hybridized carbons (Fsp3) is 0.250. The Kier molecular flexibility index (Phi) is 5.30. The summed E-state index contributed by atoms with van der Waals surface area (Å²) in [5.74, 6) is 0.925. The third-order valence-electron chi connectivity index (χ3n) is 4.50. The number of carbonyl (C=O) groups excluding carboxylic acids is 2. The highest BCUT2D eigenvalue weighted by Gasteiger charge is 2.33. The van der Waals surface area contributed by atoms with Crippen molar-refractivity contribution >= 4 is 23.2 Å². The molecule has 1 fully saturated rings. The van der Waals surface area contributed by atoms with Crippen molar-refractivity contribution in [3.05, 3.63) is 54.7 Å². The Labute approximate surface area is 167 Å². The maximum absolute atomic E-state index is 12.3. The number of carbonyl (C=O) groups is 2. The van der Waals surface area contributed by atoms with E-state index >= 15 is 0 Å². The molecule has 1 saturated heterocycles. The average Bonchev–Trinajstić information content (AvgIpc) is 3.14. The quantitative estimate of drug-likeness (QED) is 0.661. The molecule has 1 aliphatic rings. The van der Waals surface area contributed by atoms with Crippen LogP contribution in [0.3, 0.4) is 0 Å². The van der Waals surface area contributed by atoms with Gasteiger partial charge < -0.3 is 15.2 Å². The van der Waals surface area contributed by atoms with Crippen LogP contribution >= 0.6 is 0 Å². The summed E-state index contributed by atoms with van der Waals surface area (Å²) in [5, 5.41) is 9.54. The summed E-state index contributed by atoms with van der Waals surface area (Å²) < 4.78 is 5.37. The molecule has 2 amide bonds. The van der Waals surface area contributed by atoms with Gasteiger partial charge in [0.05, 0.1) is 12.5 Å². The van der Waals surface area contributed by atoms with Crippen LogP contribution in [0.1, 0.15) is 18.7 Å². The molecule has 0 saturated carbocycles. The number of rotatable bonds is 6. The predicted octanol–water partition coefficient (Wildman–Crippen LogP) is 2.13. The second-order valence-corrected chi connectivity index (χ2v) is 6.90. The first-order chi connectivity index (χ1) is 14.1. The molecule has 1 aliphatic heterocycles. The predicted molar refractivity (Wildman–Crippen MR) is 106 cm³/mol. The van der Waals surface area contributed by atoms with Crippen molar-refractivity contribution in [3.8, 4) is 11.4 Å². The fourth-order valence-electron chi connectivity index (χ4n) is 3.15. The van der Waals surface area contributed by atoms with E-state index in [1.165, 1.54) is 6.92 Å². The smallest absolute Gasteiger partial charge is 0.238 e. The Morgan fingerprint density at radius 1 is 1.17 bits per heavy atom. The molecule has 0 atom stereocenters. The Morgan fingerprint density at radius 3 is 2.69 bits per heavy atom. The highest BCUT2D eigenvalue weighted by Crippen LogP contribution is 2.27. The number of anilines is 2. The number of benzene rings is 1. The molecule has 0 aliphatic carbocycles. The van der Waals surface area contributed by atoms with Gasteiger partial charge in [-0.3, -0.25) is 19.5 Å². The number of nitrogens with zero attached hydrogens (tertiary/aromatic N) is 4. The van der Waals surface area contributed by atoms with Crippen LogP contribution in [-0.2, 0) is 9.59 Å². The Balaban J connectivity index is 1.27. The molecular formula is C20H20N6O3. The minimum Gasteiger partial charge on any atom is -0.339 e. The molecular weight excluding hydrogens is 372 g/mol. The molecule has 3 heterocycles. The van der Waals surface area contributed by atoms with Crippen LogP contribution in [0.25, 0.3) is 11.4 Å². The van der Waals surface area contributed by atoms with Gasteiger partial charge in [0.15, 0.2) is 0 Å². The van der Waals surface area contributed by atoms with Crippen molar-refractivity contribution < 1.29 is 14.1 Å². The van der Waals surface area contributed by atoms with Crippen LogP contribution < -0.4 is 10.6 Å². The zero-order chi connectivity index (χ0) is 20.2. The van der Waals surface area contributed by atoms with Crippen LogP contribution in [0.2, 0.25) is 0 Å². The van der Waals surface area contributed by atoms with Gasteiger partial charge in [-0.25, -0.2) is 0 Å². The van der Waals surface area contributed by atoms with E-state index in [2.05, 4.69) is 25.8 Å². The third-order valence-corrected chi connectivity index (χ3v) is 4.50. The van der Waals surface area contributed by atoms with Crippen molar-refractivity contribution in [1.82, 2.24) is 20.0 Å². The molecule has 148 valence electrons. The van der Waals surface area contributed by atoms with Crippen molar-refractivity contribution in [2.75, 3.05) is 30.3 Å². The number of hydrogen-bond donors (Lipinski definition) is 2. The standard InChI is InChI=1S/C20H20N6O3/c1-13(27)22-16-5-2-6-17(8-16)23-18(28)12-26-10-15(11-26)20-24-19(25-29-20)14-4-3-7-21-9-14/h2-9,15H,10-12H2,1H3,(H,22,27)(H,23,28). The molecule has 4 rings (SSSR count). The van der Waals surface area contributed by atoms with E-state index in [-0.39, 0.29) is 24.3 Å². The van der Waals surface area contributed by atoms with Gasteiger partial charge in [-0.05, 0) is 30.3 Å². The molecule has 0 spiro atoms. The number of aromatic nitrogens is 3. The second kappa shape index (κ2) is 8.19. The average molecular weight is 392 g/mol. The lowest BCUT2D eigenvalue weighted by Gasteiger charge is -2.36. The Hall–Kier alpha value is -3.59. The number of likely N-dealkylation sites (tertiary alicyclic amines) is 1. The Morgan fingerprint density at radius 2 is 1.97 bits per heavy atom. The molecule has 9 nitrogen and oxygen atoms in total. The van der Waals surface area contributed by atoms with Gasteiger partial charge in [-0.1, -0.05) is 11.2 Å². The van der Waals surface area contributed by atoms with E-state index in [0.29, 0.717) is 36.2 Å². The number of nitrogens with one attached hydrogen (secondary N) is 2. The highest BCUT2D eigenvalue weighted by molar-refractivity contribution is 5.94. The van der Waals surface area contributed by atoms with Crippen molar-refractivity contribution in [1.29, 1.82) is 0 Å². The number of amides is 2. The lowest BCUT2D eigenvalue weighted by atomic mass is 10.0. The largest absolute Gasteiger partial charge is 0.339 e. The lowest BCUT2D eigenvalue weighted by Crippen LogP contribution is -2.48. The number of pyridine rings is 1. The van der Waals surface area contributed by atoms with E-state index in [9.17, 15) is 9.59 Å². The maximum atomic E-state index is 12.3. The molecule has 29 heavy (non-hydrogen) atoms. The van der Waals surface area contributed by atoms with E-state index < -0.39 is 0 Å². The summed E-state index contributed by atoms with van der Waals surface area (Å²) in [6, 6.07) is 10.7. The monoisotopic (exact) mass is 392 g/mol. The zero-order valence-corrected chi connectivity index (χ0v) is 15.8. The van der Waals surface area contributed by atoms with Gasteiger partial charge in [-0.2, -0.15) is 4.98 Å². The summed E-state index contributed by atoms with van der Waals surface area (Å²) in [5.41, 5.74) is 2.08. The van der Waals surface area contributed by atoms with E-state index in [1.54, 1.807) is 36.7 Å². The highest BCUT2D eigenvalue weighted by atomic mass is 16.5. The summed E-state index contributed by atoms with van der Waals surface area (Å²) >= 11 is 0.